The number of hydrogen-bond donors (Lipinski definition) is 1. The van der Waals surface area contributed by atoms with E-state index < -0.39 is 36.7 Å². The number of benzene rings is 2. The van der Waals surface area contributed by atoms with Crippen LogP contribution in [0.4, 0.5) is 0 Å². The Kier molecular flexibility index (Phi) is 8.36. The molecule has 2 aromatic rings. The molecular weight excluding hydrogens is 388 g/mol. The van der Waals surface area contributed by atoms with Crippen LogP contribution < -0.4 is 0 Å². The van der Waals surface area contributed by atoms with Crippen LogP contribution in [0.2, 0.25) is 0 Å². The van der Waals surface area contributed by atoms with Crippen LogP contribution in [0.15, 0.2) is 60.7 Å². The Morgan fingerprint density at radius 3 is 2.13 bits per heavy atom. The van der Waals surface area contributed by atoms with Crippen molar-refractivity contribution in [3.63, 3.8) is 0 Å². The maximum atomic E-state index is 11.6. The van der Waals surface area contributed by atoms with Gasteiger partial charge in [0.2, 0.25) is 0 Å². The Labute approximate surface area is 176 Å². The number of aliphatic hydroxyl groups is 1. The van der Waals surface area contributed by atoms with Gasteiger partial charge in [0.05, 0.1) is 19.8 Å². The zero-order valence-electron chi connectivity index (χ0n) is 17.2. The summed E-state index contributed by atoms with van der Waals surface area (Å²) in [7, 11) is 1.45. The lowest BCUT2D eigenvalue weighted by Gasteiger charge is -2.43. The largest absolute Gasteiger partial charge is 0.454 e. The lowest BCUT2D eigenvalue weighted by Crippen LogP contribution is -2.61. The second kappa shape index (κ2) is 11.2. The molecule has 1 saturated heterocycles. The average molecular weight is 416 g/mol. The van der Waals surface area contributed by atoms with Crippen LogP contribution >= 0.6 is 0 Å². The molecule has 0 amide bonds. The lowest BCUT2D eigenvalue weighted by molar-refractivity contribution is -0.307. The van der Waals surface area contributed by atoms with E-state index in [2.05, 4.69) is 0 Å². The predicted octanol–water partition coefficient (Wildman–Crippen LogP) is 2.45. The Morgan fingerprint density at radius 2 is 1.57 bits per heavy atom. The molecule has 0 aliphatic carbocycles. The standard InChI is InChI=1S/C23H28O7/c1-16(24)29-22-21(28-14-18-11-7-4-8-12-18)20(25)19(30-23(22)26-2)15-27-13-17-9-5-3-6-10-17/h3-12,19-23,25H,13-15H2,1-2H3/t19?,20-,21-,22+,23?/m0/s1. The summed E-state index contributed by atoms with van der Waals surface area (Å²) in [6.45, 7) is 2.05. The Bertz CT molecular complexity index is 768. The molecule has 0 aromatic heterocycles. The van der Waals surface area contributed by atoms with Crippen LogP contribution in [-0.4, -0.2) is 55.5 Å². The molecule has 0 spiro atoms. The number of aliphatic hydroxyl groups excluding tert-OH is 1. The summed E-state index contributed by atoms with van der Waals surface area (Å²) in [6, 6.07) is 19.3. The van der Waals surface area contributed by atoms with Gasteiger partial charge >= 0.3 is 5.97 Å². The minimum Gasteiger partial charge on any atom is -0.454 e. The molecular formula is C23H28O7. The van der Waals surface area contributed by atoms with Gasteiger partial charge in [-0.25, -0.2) is 0 Å². The van der Waals surface area contributed by atoms with Gasteiger partial charge in [-0.1, -0.05) is 60.7 Å². The molecule has 1 fully saturated rings. The van der Waals surface area contributed by atoms with E-state index in [0.717, 1.165) is 11.1 Å². The second-order valence-corrected chi connectivity index (χ2v) is 7.11. The summed E-state index contributed by atoms with van der Waals surface area (Å²) >= 11 is 0. The van der Waals surface area contributed by atoms with Crippen LogP contribution in [0.5, 0.6) is 0 Å². The lowest BCUT2D eigenvalue weighted by atomic mass is 9.98. The van der Waals surface area contributed by atoms with Crippen LogP contribution in [0.25, 0.3) is 0 Å². The third-order valence-electron chi connectivity index (χ3n) is 4.83. The number of carbonyl (C=O) groups excluding carboxylic acids is 1. The highest BCUT2D eigenvalue weighted by Crippen LogP contribution is 2.28. The number of ether oxygens (including phenoxy) is 5. The highest BCUT2D eigenvalue weighted by Gasteiger charge is 2.48. The number of methoxy groups -OCH3 is 1. The van der Waals surface area contributed by atoms with Gasteiger partial charge < -0.3 is 28.8 Å². The van der Waals surface area contributed by atoms with E-state index in [1.54, 1.807) is 0 Å². The first-order valence-corrected chi connectivity index (χ1v) is 9.89. The summed E-state index contributed by atoms with van der Waals surface area (Å²) in [5.41, 5.74) is 1.95. The van der Waals surface area contributed by atoms with E-state index in [9.17, 15) is 9.90 Å². The van der Waals surface area contributed by atoms with E-state index >= 15 is 0 Å². The van der Waals surface area contributed by atoms with Gasteiger partial charge in [0.25, 0.3) is 0 Å². The molecule has 7 nitrogen and oxygen atoms in total. The van der Waals surface area contributed by atoms with Crippen molar-refractivity contribution in [2.75, 3.05) is 13.7 Å². The fourth-order valence-corrected chi connectivity index (χ4v) is 3.36. The third kappa shape index (κ3) is 6.10. The molecule has 0 bridgehead atoms. The molecule has 0 radical (unpaired) electrons. The summed E-state index contributed by atoms with van der Waals surface area (Å²) in [6.07, 6.45) is -4.40. The molecule has 1 N–H and O–H groups in total. The van der Waals surface area contributed by atoms with Crippen molar-refractivity contribution in [2.24, 2.45) is 0 Å². The Balaban J connectivity index is 1.68. The van der Waals surface area contributed by atoms with E-state index in [4.69, 9.17) is 23.7 Å². The van der Waals surface area contributed by atoms with Crippen molar-refractivity contribution in [3.05, 3.63) is 71.8 Å². The minimum atomic E-state index is -1.07. The van der Waals surface area contributed by atoms with Crippen molar-refractivity contribution in [3.8, 4) is 0 Å². The number of hydrogen-bond acceptors (Lipinski definition) is 7. The normalized spacial score (nSPS) is 26.3. The average Bonchev–Trinajstić information content (AvgIpc) is 2.76. The zero-order valence-corrected chi connectivity index (χ0v) is 17.2. The molecule has 30 heavy (non-hydrogen) atoms. The molecule has 1 heterocycles. The summed E-state index contributed by atoms with van der Waals surface area (Å²) in [4.78, 5) is 11.6. The van der Waals surface area contributed by atoms with Crippen LogP contribution in [-0.2, 0) is 41.7 Å². The van der Waals surface area contributed by atoms with Gasteiger partial charge in [-0.15, -0.1) is 0 Å². The third-order valence-corrected chi connectivity index (χ3v) is 4.83. The smallest absolute Gasteiger partial charge is 0.303 e. The van der Waals surface area contributed by atoms with Crippen LogP contribution in [0.3, 0.4) is 0 Å². The van der Waals surface area contributed by atoms with Crippen LogP contribution in [0.1, 0.15) is 18.1 Å². The van der Waals surface area contributed by atoms with E-state index in [0.29, 0.717) is 6.61 Å². The van der Waals surface area contributed by atoms with Crippen molar-refractivity contribution in [1.82, 2.24) is 0 Å². The van der Waals surface area contributed by atoms with Gasteiger partial charge in [0.15, 0.2) is 12.4 Å². The zero-order chi connectivity index (χ0) is 21.3. The first-order chi connectivity index (χ1) is 14.6. The number of esters is 1. The SMILES string of the molecule is COC1OC(COCc2ccccc2)[C@H](O)[C@H](OCc2ccccc2)[C@H]1OC(C)=O. The molecule has 1 aliphatic heterocycles. The van der Waals surface area contributed by atoms with E-state index in [1.165, 1.54) is 14.0 Å². The van der Waals surface area contributed by atoms with Gasteiger partial charge in [0.1, 0.15) is 18.3 Å². The first-order valence-electron chi connectivity index (χ1n) is 9.89. The number of carbonyl (C=O) groups is 1. The predicted molar refractivity (Wildman–Crippen MR) is 108 cm³/mol. The molecule has 0 saturated carbocycles. The maximum absolute atomic E-state index is 11.6. The maximum Gasteiger partial charge on any atom is 0.303 e. The van der Waals surface area contributed by atoms with Crippen molar-refractivity contribution in [1.29, 1.82) is 0 Å². The first kappa shape index (κ1) is 22.4. The summed E-state index contributed by atoms with van der Waals surface area (Å²) < 4.78 is 28.3. The topological polar surface area (TPSA) is 83.5 Å². The summed E-state index contributed by atoms with van der Waals surface area (Å²) in [5, 5.41) is 10.9. The van der Waals surface area contributed by atoms with Gasteiger partial charge in [0, 0.05) is 14.0 Å². The molecule has 7 heteroatoms. The minimum absolute atomic E-state index is 0.133. The fourth-order valence-electron chi connectivity index (χ4n) is 3.36. The Morgan fingerprint density at radius 1 is 0.967 bits per heavy atom. The molecule has 5 atom stereocenters. The highest BCUT2D eigenvalue weighted by molar-refractivity contribution is 5.66. The number of rotatable bonds is 9. The fraction of sp³-hybridized carbons (Fsp3) is 0.435. The molecule has 2 aromatic carbocycles. The highest BCUT2D eigenvalue weighted by atomic mass is 16.7. The van der Waals surface area contributed by atoms with Gasteiger partial charge in [-0.3, -0.25) is 4.79 Å². The second-order valence-electron chi connectivity index (χ2n) is 7.11. The van der Waals surface area contributed by atoms with Crippen molar-refractivity contribution < 1.29 is 33.6 Å². The van der Waals surface area contributed by atoms with Crippen LogP contribution in [0, 0.1) is 0 Å². The summed E-state index contributed by atoms with van der Waals surface area (Å²) in [5.74, 6) is -0.509. The van der Waals surface area contributed by atoms with E-state index in [1.807, 2.05) is 60.7 Å². The Hall–Kier alpha value is -2.29. The monoisotopic (exact) mass is 416 g/mol. The molecule has 1 aliphatic rings. The van der Waals surface area contributed by atoms with Crippen molar-refractivity contribution >= 4 is 5.97 Å². The van der Waals surface area contributed by atoms with Crippen molar-refractivity contribution in [2.45, 2.75) is 50.8 Å². The van der Waals surface area contributed by atoms with Gasteiger partial charge in [-0.05, 0) is 11.1 Å². The van der Waals surface area contributed by atoms with Gasteiger partial charge in [-0.2, -0.15) is 0 Å². The molecule has 2 unspecified atom stereocenters. The molecule has 3 rings (SSSR count). The quantitative estimate of drug-likeness (QED) is 0.629. The molecule has 162 valence electrons. The van der Waals surface area contributed by atoms with E-state index in [-0.39, 0.29) is 13.2 Å².